The zero-order chi connectivity index (χ0) is 11.6. The van der Waals surface area contributed by atoms with Crippen LogP contribution in [0.4, 0.5) is 0 Å². The van der Waals surface area contributed by atoms with Gasteiger partial charge in [-0.15, -0.1) is 0 Å². The summed E-state index contributed by atoms with van der Waals surface area (Å²) in [6.45, 7) is 4.56. The third kappa shape index (κ3) is 2.75. The maximum absolute atomic E-state index is 8.77. The van der Waals surface area contributed by atoms with Crippen molar-refractivity contribution < 1.29 is 0 Å². The second-order valence-electron chi connectivity index (χ2n) is 5.77. The van der Waals surface area contributed by atoms with Crippen LogP contribution in [0.1, 0.15) is 39.0 Å². The van der Waals surface area contributed by atoms with Gasteiger partial charge in [-0.05, 0) is 51.6 Å². The normalized spacial score (nSPS) is 33.3. The van der Waals surface area contributed by atoms with Gasteiger partial charge in [-0.25, -0.2) is 0 Å². The number of likely N-dealkylation sites (tertiary alicyclic amines) is 1. The number of nitrogens with one attached hydrogen (secondary N) is 1. The lowest BCUT2D eigenvalue weighted by molar-refractivity contribution is 0.165. The van der Waals surface area contributed by atoms with Crippen molar-refractivity contribution in [3.05, 3.63) is 0 Å². The Hall–Kier alpha value is -0.590. The number of hydrogen-bond donors (Lipinski definition) is 1. The minimum atomic E-state index is 0.349. The highest BCUT2D eigenvalue weighted by Gasteiger charge is 2.42. The van der Waals surface area contributed by atoms with E-state index >= 15 is 0 Å². The Kier molecular flexibility index (Phi) is 3.51. The van der Waals surface area contributed by atoms with Crippen molar-refractivity contribution in [1.29, 1.82) is 5.26 Å². The van der Waals surface area contributed by atoms with Crippen LogP contribution in [0.5, 0.6) is 0 Å². The van der Waals surface area contributed by atoms with Crippen LogP contribution in [-0.4, -0.2) is 37.1 Å². The van der Waals surface area contributed by atoms with Crippen molar-refractivity contribution in [3.8, 4) is 6.07 Å². The van der Waals surface area contributed by atoms with Gasteiger partial charge in [0, 0.05) is 25.0 Å². The molecule has 1 aliphatic carbocycles. The van der Waals surface area contributed by atoms with Gasteiger partial charge in [-0.1, -0.05) is 0 Å². The van der Waals surface area contributed by atoms with Gasteiger partial charge in [-0.2, -0.15) is 5.26 Å². The smallest absolute Gasteiger partial charge is 0.0628 e. The van der Waals surface area contributed by atoms with E-state index in [4.69, 9.17) is 5.26 Å². The zero-order valence-corrected chi connectivity index (χ0v) is 10.5. The van der Waals surface area contributed by atoms with E-state index in [9.17, 15) is 0 Å². The molecule has 0 amide bonds. The topological polar surface area (TPSA) is 39.1 Å². The first-order valence-electron chi connectivity index (χ1n) is 6.46. The number of piperidine rings is 1. The zero-order valence-electron chi connectivity index (χ0n) is 10.5. The highest BCUT2D eigenvalue weighted by molar-refractivity contribution is 5.01. The molecule has 90 valence electrons. The van der Waals surface area contributed by atoms with Crippen molar-refractivity contribution in [2.45, 2.75) is 51.1 Å². The lowest BCUT2D eigenvalue weighted by Gasteiger charge is -2.36. The summed E-state index contributed by atoms with van der Waals surface area (Å²) in [7, 11) is 2.21. The third-order valence-corrected chi connectivity index (χ3v) is 4.39. The van der Waals surface area contributed by atoms with Crippen LogP contribution in [0.2, 0.25) is 0 Å². The van der Waals surface area contributed by atoms with Crippen molar-refractivity contribution >= 4 is 0 Å². The Morgan fingerprint density at radius 3 is 2.81 bits per heavy atom. The SMILES string of the molecule is CC1CC(NCC2(CC#N)CC2)CCN1C. The molecule has 1 saturated carbocycles. The fourth-order valence-electron chi connectivity index (χ4n) is 2.60. The quantitative estimate of drug-likeness (QED) is 0.786. The molecule has 1 aliphatic heterocycles. The Morgan fingerprint density at radius 2 is 2.25 bits per heavy atom. The average Bonchev–Trinajstić information content (AvgIpc) is 3.01. The standard InChI is InChI=1S/C13H23N3/c1-11-9-12(3-8-16(11)2)15-10-13(4-5-13)6-7-14/h11-12,15H,3-6,8-10H2,1-2H3. The molecule has 2 aliphatic rings. The maximum atomic E-state index is 8.77. The van der Waals surface area contributed by atoms with Crippen LogP contribution in [0.15, 0.2) is 0 Å². The molecular formula is C13H23N3. The van der Waals surface area contributed by atoms with Crippen LogP contribution in [0.3, 0.4) is 0 Å². The van der Waals surface area contributed by atoms with E-state index < -0.39 is 0 Å². The molecule has 2 atom stereocenters. The third-order valence-electron chi connectivity index (χ3n) is 4.39. The maximum Gasteiger partial charge on any atom is 0.0628 e. The fourth-order valence-corrected chi connectivity index (χ4v) is 2.60. The van der Waals surface area contributed by atoms with E-state index in [2.05, 4.69) is 30.3 Å². The first-order valence-corrected chi connectivity index (χ1v) is 6.46. The van der Waals surface area contributed by atoms with Crippen molar-refractivity contribution in [2.24, 2.45) is 5.41 Å². The van der Waals surface area contributed by atoms with Gasteiger partial charge in [-0.3, -0.25) is 0 Å². The molecule has 1 heterocycles. The summed E-state index contributed by atoms with van der Waals surface area (Å²) >= 11 is 0. The first-order chi connectivity index (χ1) is 7.65. The van der Waals surface area contributed by atoms with Crippen LogP contribution in [-0.2, 0) is 0 Å². The molecule has 2 fully saturated rings. The highest BCUT2D eigenvalue weighted by Crippen LogP contribution is 2.48. The van der Waals surface area contributed by atoms with Crippen molar-refractivity contribution in [3.63, 3.8) is 0 Å². The van der Waals surface area contributed by atoms with Gasteiger partial charge in [0.1, 0.15) is 0 Å². The van der Waals surface area contributed by atoms with E-state index in [0.29, 0.717) is 17.5 Å². The highest BCUT2D eigenvalue weighted by atomic mass is 15.1. The summed E-state index contributed by atoms with van der Waals surface area (Å²) in [6, 6.07) is 3.69. The van der Waals surface area contributed by atoms with E-state index in [1.54, 1.807) is 0 Å². The molecular weight excluding hydrogens is 198 g/mol. The van der Waals surface area contributed by atoms with Crippen LogP contribution >= 0.6 is 0 Å². The average molecular weight is 221 g/mol. The van der Waals surface area contributed by atoms with E-state index in [1.165, 1.54) is 32.2 Å². The molecule has 1 saturated heterocycles. The molecule has 16 heavy (non-hydrogen) atoms. The molecule has 2 rings (SSSR count). The molecule has 3 nitrogen and oxygen atoms in total. The summed E-state index contributed by atoms with van der Waals surface area (Å²) in [5.41, 5.74) is 0.349. The van der Waals surface area contributed by atoms with Gasteiger partial charge in [0.2, 0.25) is 0 Å². The van der Waals surface area contributed by atoms with E-state index in [0.717, 1.165) is 13.0 Å². The molecule has 3 heteroatoms. The molecule has 0 aromatic rings. The number of nitriles is 1. The van der Waals surface area contributed by atoms with Gasteiger partial charge in [0.25, 0.3) is 0 Å². The fraction of sp³-hybridized carbons (Fsp3) is 0.923. The Labute approximate surface area is 98.8 Å². The Balaban J connectivity index is 1.73. The first kappa shape index (κ1) is 11.9. The molecule has 0 radical (unpaired) electrons. The molecule has 0 aromatic carbocycles. The van der Waals surface area contributed by atoms with Gasteiger partial charge < -0.3 is 10.2 Å². The summed E-state index contributed by atoms with van der Waals surface area (Å²) < 4.78 is 0. The minimum Gasteiger partial charge on any atom is -0.313 e. The minimum absolute atomic E-state index is 0.349. The van der Waals surface area contributed by atoms with Crippen LogP contribution in [0.25, 0.3) is 0 Å². The van der Waals surface area contributed by atoms with Gasteiger partial charge in [0.15, 0.2) is 0 Å². The summed E-state index contributed by atoms with van der Waals surface area (Å²) in [6.07, 6.45) is 5.73. The molecule has 0 spiro atoms. The second-order valence-corrected chi connectivity index (χ2v) is 5.77. The second kappa shape index (κ2) is 4.73. The summed E-state index contributed by atoms with van der Waals surface area (Å²) in [4.78, 5) is 2.43. The van der Waals surface area contributed by atoms with E-state index in [-0.39, 0.29) is 0 Å². The van der Waals surface area contributed by atoms with Gasteiger partial charge >= 0.3 is 0 Å². The summed E-state index contributed by atoms with van der Waals surface area (Å²) in [5, 5.41) is 12.5. The van der Waals surface area contributed by atoms with Crippen molar-refractivity contribution in [1.82, 2.24) is 10.2 Å². The predicted molar refractivity (Wildman–Crippen MR) is 65.0 cm³/mol. The van der Waals surface area contributed by atoms with Gasteiger partial charge in [0.05, 0.1) is 6.07 Å². The Morgan fingerprint density at radius 1 is 1.50 bits per heavy atom. The number of hydrogen-bond acceptors (Lipinski definition) is 3. The van der Waals surface area contributed by atoms with E-state index in [1.807, 2.05) is 0 Å². The molecule has 0 aromatic heterocycles. The monoisotopic (exact) mass is 221 g/mol. The van der Waals surface area contributed by atoms with Crippen LogP contribution in [0, 0.1) is 16.7 Å². The largest absolute Gasteiger partial charge is 0.313 e. The molecule has 2 unspecified atom stereocenters. The Bertz CT molecular complexity index is 277. The lowest BCUT2D eigenvalue weighted by atomic mass is 9.97. The summed E-state index contributed by atoms with van der Waals surface area (Å²) in [5.74, 6) is 0. The predicted octanol–water partition coefficient (Wildman–Crippen LogP) is 1.75. The number of rotatable bonds is 4. The van der Waals surface area contributed by atoms with Crippen LogP contribution < -0.4 is 5.32 Å². The number of nitrogens with zero attached hydrogens (tertiary/aromatic N) is 2. The molecule has 0 bridgehead atoms. The van der Waals surface area contributed by atoms with Crippen molar-refractivity contribution in [2.75, 3.05) is 20.1 Å². The lowest BCUT2D eigenvalue weighted by Crippen LogP contribution is -2.46. The molecule has 1 N–H and O–H groups in total.